The predicted octanol–water partition coefficient (Wildman–Crippen LogP) is 6.22. The predicted molar refractivity (Wildman–Crippen MR) is 164 cm³/mol. The van der Waals surface area contributed by atoms with Crippen LogP contribution in [0.15, 0.2) is 54.6 Å². The summed E-state index contributed by atoms with van der Waals surface area (Å²) < 4.78 is 22.3. The molecule has 2 aliphatic heterocycles. The molecule has 0 amide bonds. The molecule has 2 aromatic carbocycles. The third-order valence-electron chi connectivity index (χ3n) is 8.84. The van der Waals surface area contributed by atoms with Gasteiger partial charge in [0, 0.05) is 41.4 Å². The molecule has 43 heavy (non-hydrogen) atoms. The number of likely N-dealkylation sites (tertiary alicyclic amines) is 2. The first-order valence-electron chi connectivity index (χ1n) is 15.1. The molecule has 1 unspecified atom stereocenters. The number of hydrogen-bond donors (Lipinski definition) is 1. The number of halogens is 2. The van der Waals surface area contributed by atoms with Gasteiger partial charge in [-0.2, -0.15) is 0 Å². The molecule has 0 bridgehead atoms. The van der Waals surface area contributed by atoms with Crippen molar-refractivity contribution in [2.24, 2.45) is 5.92 Å². The number of carboxylic acid groups (broad SMARTS) is 1. The zero-order valence-corrected chi connectivity index (χ0v) is 25.1. The first-order valence-corrected chi connectivity index (χ1v) is 15.4. The number of fused-ring (bicyclic) bond motifs is 1. The van der Waals surface area contributed by atoms with Gasteiger partial charge >= 0.3 is 5.97 Å². The molecule has 0 saturated carbocycles. The lowest BCUT2D eigenvalue weighted by molar-refractivity contribution is 0.0697. The van der Waals surface area contributed by atoms with Crippen LogP contribution >= 0.6 is 11.6 Å². The number of carbonyl (C=O) groups is 1. The number of pyridine rings is 1. The minimum Gasteiger partial charge on any atom is -0.478 e. The van der Waals surface area contributed by atoms with Gasteiger partial charge in [-0.1, -0.05) is 30.7 Å². The Morgan fingerprint density at radius 1 is 1.05 bits per heavy atom. The largest absolute Gasteiger partial charge is 0.478 e. The second kappa shape index (κ2) is 13.0. The second-order valence-electron chi connectivity index (χ2n) is 11.7. The first kappa shape index (κ1) is 29.5. The molecular formula is C33H37ClFN5O3. The fourth-order valence-corrected chi connectivity index (χ4v) is 6.51. The van der Waals surface area contributed by atoms with Crippen LogP contribution in [0.25, 0.3) is 11.0 Å². The van der Waals surface area contributed by atoms with Crippen LogP contribution in [0.3, 0.4) is 0 Å². The summed E-state index contributed by atoms with van der Waals surface area (Å²) in [6.45, 7) is 8.88. The molecular weight excluding hydrogens is 569 g/mol. The maximum atomic E-state index is 14.2. The molecule has 10 heteroatoms. The summed E-state index contributed by atoms with van der Waals surface area (Å²) in [7, 11) is 0. The summed E-state index contributed by atoms with van der Waals surface area (Å²) in [5.74, 6) is 0.996. The summed E-state index contributed by atoms with van der Waals surface area (Å²) in [6, 6.07) is 15.6. The highest BCUT2D eigenvalue weighted by atomic mass is 35.5. The van der Waals surface area contributed by atoms with Gasteiger partial charge < -0.3 is 19.3 Å². The molecule has 8 nitrogen and oxygen atoms in total. The Balaban J connectivity index is 1.12. The number of piperidine rings is 1. The molecule has 0 radical (unpaired) electrons. The number of rotatable bonds is 10. The van der Waals surface area contributed by atoms with E-state index in [1.807, 2.05) is 18.2 Å². The zero-order chi connectivity index (χ0) is 29.9. The van der Waals surface area contributed by atoms with Crippen LogP contribution in [0.4, 0.5) is 4.39 Å². The standard InChI is InChI=1S/C33H37ClFN5O3/c1-2-38-13-10-22(18-38)19-40-30-16-24(33(41)42)7-9-29(30)36-31(40)20-39-14-11-23(12-15-39)28-4-3-5-32(37-28)43-21-25-6-8-26(34)17-27(25)35/h3-9,16-17,22-23H,2,10-15,18-21H2,1H3,(H,41,42). The van der Waals surface area contributed by atoms with Crippen LogP contribution in [0.2, 0.25) is 5.02 Å². The van der Waals surface area contributed by atoms with Gasteiger partial charge in [0.25, 0.3) is 0 Å². The third kappa shape index (κ3) is 6.84. The minimum absolute atomic E-state index is 0.0875. The smallest absolute Gasteiger partial charge is 0.335 e. The maximum absolute atomic E-state index is 14.2. The minimum atomic E-state index is -0.920. The summed E-state index contributed by atoms with van der Waals surface area (Å²) >= 11 is 5.86. The molecule has 2 aliphatic rings. The van der Waals surface area contributed by atoms with Crippen LogP contribution in [0.5, 0.6) is 5.88 Å². The normalized spacial score (nSPS) is 18.4. The van der Waals surface area contributed by atoms with Crippen LogP contribution < -0.4 is 4.74 Å². The van der Waals surface area contributed by atoms with Crippen molar-refractivity contribution in [3.05, 3.63) is 88.1 Å². The van der Waals surface area contributed by atoms with Crippen molar-refractivity contribution in [1.29, 1.82) is 0 Å². The van der Waals surface area contributed by atoms with E-state index in [2.05, 4.69) is 21.3 Å². The number of benzene rings is 2. The van der Waals surface area contributed by atoms with E-state index >= 15 is 0 Å². The van der Waals surface area contributed by atoms with E-state index < -0.39 is 11.8 Å². The van der Waals surface area contributed by atoms with Crippen molar-refractivity contribution < 1.29 is 19.0 Å². The lowest BCUT2D eigenvalue weighted by atomic mass is 9.93. The van der Waals surface area contributed by atoms with Crippen LogP contribution in [-0.4, -0.2) is 68.1 Å². The van der Waals surface area contributed by atoms with Crippen molar-refractivity contribution in [2.45, 2.75) is 51.8 Å². The van der Waals surface area contributed by atoms with E-state index in [0.717, 1.165) is 87.6 Å². The Morgan fingerprint density at radius 3 is 2.60 bits per heavy atom. The van der Waals surface area contributed by atoms with Crippen molar-refractivity contribution in [1.82, 2.24) is 24.3 Å². The number of aromatic nitrogens is 3. The SMILES string of the molecule is CCN1CCC(Cn2c(CN3CCC(c4cccc(OCc5ccc(Cl)cc5F)n4)CC3)nc3ccc(C(=O)O)cc32)C1. The summed E-state index contributed by atoms with van der Waals surface area (Å²) in [4.78, 5) is 26.4. The molecule has 0 aliphatic carbocycles. The van der Waals surface area contributed by atoms with Gasteiger partial charge in [0.05, 0.1) is 23.1 Å². The Kier molecular flexibility index (Phi) is 8.93. The number of carboxylic acids is 1. The van der Waals surface area contributed by atoms with Crippen LogP contribution in [0.1, 0.15) is 59.5 Å². The van der Waals surface area contributed by atoms with Crippen molar-refractivity contribution in [3.63, 3.8) is 0 Å². The van der Waals surface area contributed by atoms with E-state index in [-0.39, 0.29) is 6.61 Å². The molecule has 4 heterocycles. The highest BCUT2D eigenvalue weighted by Gasteiger charge is 2.27. The second-order valence-corrected chi connectivity index (χ2v) is 12.1. The molecule has 1 N–H and O–H groups in total. The van der Waals surface area contributed by atoms with Gasteiger partial charge in [-0.05, 0) is 87.8 Å². The van der Waals surface area contributed by atoms with Gasteiger partial charge in [0.15, 0.2) is 0 Å². The zero-order valence-electron chi connectivity index (χ0n) is 24.4. The monoisotopic (exact) mass is 605 g/mol. The highest BCUT2D eigenvalue weighted by Crippen LogP contribution is 2.30. The number of imidazole rings is 1. The van der Waals surface area contributed by atoms with E-state index in [1.165, 1.54) is 6.07 Å². The van der Waals surface area contributed by atoms with Gasteiger partial charge in [0.2, 0.25) is 5.88 Å². The van der Waals surface area contributed by atoms with E-state index in [4.69, 9.17) is 26.3 Å². The molecule has 2 fully saturated rings. The Hall–Kier alpha value is -3.53. The lowest BCUT2D eigenvalue weighted by Gasteiger charge is -2.31. The van der Waals surface area contributed by atoms with Gasteiger partial charge in [-0.3, -0.25) is 4.90 Å². The summed E-state index contributed by atoms with van der Waals surface area (Å²) in [6.07, 6.45) is 3.06. The number of nitrogens with zero attached hydrogens (tertiary/aromatic N) is 5. The van der Waals surface area contributed by atoms with Crippen LogP contribution in [0, 0.1) is 11.7 Å². The Labute approximate surface area is 256 Å². The number of hydrogen-bond acceptors (Lipinski definition) is 6. The average molecular weight is 606 g/mol. The fourth-order valence-electron chi connectivity index (χ4n) is 6.35. The number of aromatic carboxylic acids is 1. The Bertz CT molecular complexity index is 1600. The Morgan fingerprint density at radius 2 is 1.86 bits per heavy atom. The third-order valence-corrected chi connectivity index (χ3v) is 9.07. The quantitative estimate of drug-likeness (QED) is 0.230. The lowest BCUT2D eigenvalue weighted by Crippen LogP contribution is -2.34. The molecule has 6 rings (SSSR count). The average Bonchev–Trinajstić information content (AvgIpc) is 3.61. The fraction of sp³-hybridized carbons (Fsp3) is 0.424. The van der Waals surface area contributed by atoms with Crippen LogP contribution in [-0.2, 0) is 19.7 Å². The molecule has 226 valence electrons. The first-order chi connectivity index (χ1) is 20.9. The summed E-state index contributed by atoms with van der Waals surface area (Å²) in [5, 5.41) is 9.97. The van der Waals surface area contributed by atoms with Gasteiger partial charge in [-0.25, -0.2) is 19.2 Å². The molecule has 2 aromatic heterocycles. The van der Waals surface area contributed by atoms with Gasteiger partial charge in [-0.15, -0.1) is 0 Å². The molecule has 2 saturated heterocycles. The molecule has 0 spiro atoms. The maximum Gasteiger partial charge on any atom is 0.335 e. The topological polar surface area (TPSA) is 83.7 Å². The van der Waals surface area contributed by atoms with E-state index in [0.29, 0.717) is 33.9 Å². The van der Waals surface area contributed by atoms with Crippen molar-refractivity contribution in [2.75, 3.05) is 32.7 Å². The molecule has 1 atom stereocenters. The molecule has 4 aromatic rings. The van der Waals surface area contributed by atoms with Crippen molar-refractivity contribution >= 4 is 28.6 Å². The van der Waals surface area contributed by atoms with E-state index in [9.17, 15) is 14.3 Å². The van der Waals surface area contributed by atoms with E-state index in [1.54, 1.807) is 30.3 Å². The summed E-state index contributed by atoms with van der Waals surface area (Å²) in [5.41, 5.74) is 3.47. The van der Waals surface area contributed by atoms with Crippen molar-refractivity contribution in [3.8, 4) is 5.88 Å². The van der Waals surface area contributed by atoms with Gasteiger partial charge in [0.1, 0.15) is 18.2 Å². The number of ether oxygens (including phenoxy) is 1. The highest BCUT2D eigenvalue weighted by molar-refractivity contribution is 6.30.